The fraction of sp³-hybridized carbons (Fsp3) is 0.158. The van der Waals surface area contributed by atoms with Crippen molar-refractivity contribution in [1.82, 2.24) is 0 Å². The van der Waals surface area contributed by atoms with Crippen molar-refractivity contribution in [1.29, 1.82) is 0 Å². The summed E-state index contributed by atoms with van der Waals surface area (Å²) in [6.45, 7) is 1.73. The molecule has 122 valence electrons. The SMILES string of the molecule is CCC(=O)Oc1cccc(/C=C2\Oc3cc(OC)ccc3C2=O)c1. The van der Waals surface area contributed by atoms with E-state index in [-0.39, 0.29) is 17.5 Å². The minimum atomic E-state index is -0.313. The number of methoxy groups -OCH3 is 1. The molecular formula is C19H16O5. The highest BCUT2D eigenvalue weighted by Crippen LogP contribution is 2.34. The summed E-state index contributed by atoms with van der Waals surface area (Å²) in [4.78, 5) is 23.8. The molecule has 0 fully saturated rings. The van der Waals surface area contributed by atoms with Crippen molar-refractivity contribution in [2.24, 2.45) is 0 Å². The second-order valence-corrected chi connectivity index (χ2v) is 5.20. The molecule has 0 amide bonds. The molecule has 2 aromatic carbocycles. The van der Waals surface area contributed by atoms with E-state index in [0.29, 0.717) is 34.8 Å². The summed E-state index contributed by atoms with van der Waals surface area (Å²) < 4.78 is 15.9. The predicted octanol–water partition coefficient (Wildman–Crippen LogP) is 3.63. The van der Waals surface area contributed by atoms with E-state index in [2.05, 4.69) is 0 Å². The van der Waals surface area contributed by atoms with Crippen LogP contribution in [-0.2, 0) is 4.79 Å². The van der Waals surface area contributed by atoms with Gasteiger partial charge in [-0.1, -0.05) is 19.1 Å². The molecule has 0 saturated heterocycles. The lowest BCUT2D eigenvalue weighted by Gasteiger charge is -2.04. The van der Waals surface area contributed by atoms with Crippen LogP contribution < -0.4 is 14.2 Å². The molecule has 5 nitrogen and oxygen atoms in total. The van der Waals surface area contributed by atoms with Crippen LogP contribution in [0.1, 0.15) is 29.3 Å². The molecule has 5 heteroatoms. The normalized spacial score (nSPS) is 14.2. The number of ketones is 1. The Kier molecular flexibility index (Phi) is 4.33. The highest BCUT2D eigenvalue weighted by molar-refractivity contribution is 6.14. The number of carbonyl (C=O) groups excluding carboxylic acids is 2. The number of carbonyl (C=O) groups is 2. The number of fused-ring (bicyclic) bond motifs is 1. The Morgan fingerprint density at radius 3 is 2.75 bits per heavy atom. The summed E-state index contributed by atoms with van der Waals surface area (Å²) in [6.07, 6.45) is 1.92. The van der Waals surface area contributed by atoms with E-state index in [1.807, 2.05) is 0 Å². The minimum absolute atomic E-state index is 0.191. The van der Waals surface area contributed by atoms with Crippen LogP contribution in [0.3, 0.4) is 0 Å². The number of hydrogen-bond donors (Lipinski definition) is 0. The van der Waals surface area contributed by atoms with Crippen LogP contribution in [0.15, 0.2) is 48.2 Å². The predicted molar refractivity (Wildman–Crippen MR) is 88.3 cm³/mol. The Labute approximate surface area is 139 Å². The molecule has 0 atom stereocenters. The van der Waals surface area contributed by atoms with E-state index >= 15 is 0 Å². The first-order valence-electron chi connectivity index (χ1n) is 7.53. The van der Waals surface area contributed by atoms with Gasteiger partial charge < -0.3 is 14.2 Å². The third-order valence-electron chi connectivity index (χ3n) is 3.55. The minimum Gasteiger partial charge on any atom is -0.497 e. The van der Waals surface area contributed by atoms with Crippen molar-refractivity contribution >= 4 is 17.8 Å². The first-order chi connectivity index (χ1) is 11.6. The van der Waals surface area contributed by atoms with Crippen LogP contribution >= 0.6 is 0 Å². The van der Waals surface area contributed by atoms with Crippen molar-refractivity contribution in [2.45, 2.75) is 13.3 Å². The summed E-state index contributed by atoms with van der Waals surface area (Å²) in [7, 11) is 1.55. The summed E-state index contributed by atoms with van der Waals surface area (Å²) in [5.41, 5.74) is 1.20. The highest BCUT2D eigenvalue weighted by atomic mass is 16.5. The van der Waals surface area contributed by atoms with Gasteiger partial charge in [-0.2, -0.15) is 0 Å². The van der Waals surface area contributed by atoms with Gasteiger partial charge in [-0.25, -0.2) is 0 Å². The van der Waals surface area contributed by atoms with Crippen LogP contribution in [0.5, 0.6) is 17.2 Å². The highest BCUT2D eigenvalue weighted by Gasteiger charge is 2.27. The van der Waals surface area contributed by atoms with Crippen molar-refractivity contribution in [2.75, 3.05) is 7.11 Å². The van der Waals surface area contributed by atoms with Crippen LogP contribution in [0.2, 0.25) is 0 Å². The first kappa shape index (κ1) is 15.8. The number of esters is 1. The number of ether oxygens (including phenoxy) is 3. The molecule has 0 bridgehead atoms. The van der Waals surface area contributed by atoms with Gasteiger partial charge >= 0.3 is 5.97 Å². The second kappa shape index (κ2) is 6.58. The molecule has 3 rings (SSSR count). The number of allylic oxidation sites excluding steroid dienone is 1. The average molecular weight is 324 g/mol. The van der Waals surface area contributed by atoms with Crippen LogP contribution in [0.4, 0.5) is 0 Å². The van der Waals surface area contributed by atoms with E-state index in [1.165, 1.54) is 0 Å². The van der Waals surface area contributed by atoms with Crippen molar-refractivity contribution in [3.63, 3.8) is 0 Å². The Bertz CT molecular complexity index is 835. The molecule has 0 aliphatic carbocycles. The molecular weight excluding hydrogens is 308 g/mol. The largest absolute Gasteiger partial charge is 0.497 e. The van der Waals surface area contributed by atoms with Crippen LogP contribution in [-0.4, -0.2) is 18.9 Å². The molecule has 1 aliphatic rings. The quantitative estimate of drug-likeness (QED) is 0.488. The van der Waals surface area contributed by atoms with E-state index in [4.69, 9.17) is 14.2 Å². The lowest BCUT2D eigenvalue weighted by molar-refractivity contribution is -0.134. The summed E-state index contributed by atoms with van der Waals surface area (Å²) >= 11 is 0. The summed E-state index contributed by atoms with van der Waals surface area (Å²) in [6, 6.07) is 12.0. The molecule has 0 aromatic heterocycles. The van der Waals surface area contributed by atoms with Gasteiger partial charge in [-0.05, 0) is 35.9 Å². The molecule has 0 saturated carbocycles. The van der Waals surface area contributed by atoms with Crippen molar-refractivity contribution in [3.8, 4) is 17.2 Å². The topological polar surface area (TPSA) is 61.8 Å². The van der Waals surface area contributed by atoms with Gasteiger partial charge in [0.25, 0.3) is 0 Å². The fourth-order valence-electron chi connectivity index (χ4n) is 2.32. The first-order valence-corrected chi connectivity index (χ1v) is 7.53. The smallest absolute Gasteiger partial charge is 0.310 e. The molecule has 0 radical (unpaired) electrons. The maximum absolute atomic E-state index is 12.4. The zero-order valence-electron chi connectivity index (χ0n) is 13.4. The van der Waals surface area contributed by atoms with E-state index in [9.17, 15) is 9.59 Å². The summed E-state index contributed by atoms with van der Waals surface area (Å²) in [5, 5.41) is 0. The third kappa shape index (κ3) is 3.15. The van der Waals surface area contributed by atoms with Crippen molar-refractivity contribution in [3.05, 3.63) is 59.4 Å². The zero-order chi connectivity index (χ0) is 17.1. The second-order valence-electron chi connectivity index (χ2n) is 5.20. The Morgan fingerprint density at radius 1 is 1.17 bits per heavy atom. The van der Waals surface area contributed by atoms with Gasteiger partial charge in [-0.3, -0.25) is 9.59 Å². The molecule has 1 aliphatic heterocycles. The number of rotatable bonds is 4. The van der Waals surface area contributed by atoms with Crippen LogP contribution in [0, 0.1) is 0 Å². The van der Waals surface area contributed by atoms with E-state index < -0.39 is 0 Å². The molecule has 0 unspecified atom stereocenters. The Hall–Kier alpha value is -3.08. The lowest BCUT2D eigenvalue weighted by atomic mass is 10.1. The van der Waals surface area contributed by atoms with Gasteiger partial charge in [0.1, 0.15) is 17.2 Å². The third-order valence-corrected chi connectivity index (χ3v) is 3.55. The molecule has 1 heterocycles. The number of benzene rings is 2. The Balaban J connectivity index is 1.86. The molecule has 24 heavy (non-hydrogen) atoms. The van der Waals surface area contributed by atoms with Crippen molar-refractivity contribution < 1.29 is 23.8 Å². The van der Waals surface area contributed by atoms with Gasteiger partial charge in [0.05, 0.1) is 12.7 Å². The van der Waals surface area contributed by atoms with Crippen LogP contribution in [0.25, 0.3) is 6.08 Å². The monoisotopic (exact) mass is 324 g/mol. The van der Waals surface area contributed by atoms with E-state index in [0.717, 1.165) is 0 Å². The van der Waals surface area contributed by atoms with Gasteiger partial charge in [0, 0.05) is 12.5 Å². The molecule has 0 spiro atoms. The average Bonchev–Trinajstić information content (AvgIpc) is 2.90. The van der Waals surface area contributed by atoms with Gasteiger partial charge in [0.2, 0.25) is 5.78 Å². The fourth-order valence-corrected chi connectivity index (χ4v) is 2.32. The molecule has 2 aromatic rings. The maximum atomic E-state index is 12.4. The van der Waals surface area contributed by atoms with Gasteiger partial charge in [0.15, 0.2) is 5.76 Å². The maximum Gasteiger partial charge on any atom is 0.310 e. The number of hydrogen-bond acceptors (Lipinski definition) is 5. The lowest BCUT2D eigenvalue weighted by Crippen LogP contribution is -2.05. The Morgan fingerprint density at radius 2 is 2.00 bits per heavy atom. The standard InChI is InChI=1S/C19H16O5/c1-3-18(20)23-14-6-4-5-12(9-14)10-17-19(21)15-8-7-13(22-2)11-16(15)24-17/h4-11H,3H2,1-2H3/b17-10-. The summed E-state index contributed by atoms with van der Waals surface area (Å²) in [5.74, 6) is 1.24. The molecule has 0 N–H and O–H groups in total. The van der Waals surface area contributed by atoms with E-state index in [1.54, 1.807) is 62.6 Å². The number of Topliss-reactive ketones (excluding diaryl/α,β-unsaturated/α-hetero) is 1. The van der Waals surface area contributed by atoms with Gasteiger partial charge in [-0.15, -0.1) is 0 Å². The zero-order valence-corrected chi connectivity index (χ0v) is 13.4.